The summed E-state index contributed by atoms with van der Waals surface area (Å²) in [5.74, 6) is 0. The molecule has 0 aliphatic rings. The summed E-state index contributed by atoms with van der Waals surface area (Å²) in [4.78, 5) is 20.2. The van der Waals surface area contributed by atoms with Gasteiger partial charge >= 0.3 is 12.3 Å². The maximum absolute atomic E-state index is 12.9. The molecule has 25 heavy (non-hydrogen) atoms. The van der Waals surface area contributed by atoms with Crippen LogP contribution in [0.2, 0.25) is 0 Å². The number of hydrogen-bond acceptors (Lipinski definition) is 5. The molecule has 10 heteroatoms. The molecule has 0 aromatic carbocycles. The van der Waals surface area contributed by atoms with E-state index in [0.717, 1.165) is 6.21 Å². The fourth-order valence-corrected chi connectivity index (χ4v) is 1.83. The van der Waals surface area contributed by atoms with Crippen LogP contribution in [0.25, 0.3) is 0 Å². The number of aliphatic imine (C=N–C) groups is 1. The summed E-state index contributed by atoms with van der Waals surface area (Å²) >= 11 is 5.61. The van der Waals surface area contributed by atoms with Gasteiger partial charge in [0, 0.05) is 12.4 Å². The normalized spacial score (nSPS) is 13.6. The third-order valence-corrected chi connectivity index (χ3v) is 2.81. The van der Waals surface area contributed by atoms with Gasteiger partial charge in [-0.05, 0) is 32.9 Å². The third-order valence-electron chi connectivity index (χ3n) is 2.58. The Labute approximate surface area is 148 Å². The molecule has 0 saturated heterocycles. The highest BCUT2D eigenvalue weighted by Crippen LogP contribution is 2.21. The molecule has 138 valence electrons. The van der Waals surface area contributed by atoms with Crippen molar-refractivity contribution in [2.75, 3.05) is 6.54 Å². The van der Waals surface area contributed by atoms with Crippen molar-refractivity contribution in [3.63, 3.8) is 0 Å². The molecule has 1 N–H and O–H groups in total. The lowest BCUT2D eigenvalue weighted by atomic mass is 10.2. The van der Waals surface area contributed by atoms with Crippen molar-refractivity contribution < 1.29 is 22.7 Å². The van der Waals surface area contributed by atoms with Crippen LogP contribution in [-0.4, -0.2) is 51.7 Å². The molecule has 1 atom stereocenters. The minimum atomic E-state index is -4.70. The monoisotopic (exact) mass is 378 g/mol. The number of rotatable bonds is 5. The Balaban J connectivity index is 3.14. The van der Waals surface area contributed by atoms with Gasteiger partial charge in [0.1, 0.15) is 23.4 Å². The van der Waals surface area contributed by atoms with Gasteiger partial charge in [0.05, 0.1) is 11.9 Å². The summed E-state index contributed by atoms with van der Waals surface area (Å²) < 4.78 is 43.6. The number of alkyl halides is 3. The van der Waals surface area contributed by atoms with E-state index in [1.54, 1.807) is 12.1 Å². The van der Waals surface area contributed by atoms with Gasteiger partial charge in [0.25, 0.3) is 0 Å². The van der Waals surface area contributed by atoms with Gasteiger partial charge < -0.3 is 4.74 Å². The van der Waals surface area contributed by atoms with Crippen molar-refractivity contribution in [2.45, 2.75) is 38.6 Å². The fourth-order valence-electron chi connectivity index (χ4n) is 1.66. The molecular weight excluding hydrogens is 361 g/mol. The number of carbonyl (C=O) groups excluding carboxylic acids is 1. The summed E-state index contributed by atoms with van der Waals surface area (Å²) in [6.45, 7) is 2.91. The Hall–Kier alpha value is -2.16. The number of amides is 1. The van der Waals surface area contributed by atoms with E-state index in [9.17, 15) is 18.0 Å². The Morgan fingerprint density at radius 3 is 2.56 bits per heavy atom. The Bertz CT molecular complexity index is 630. The minimum absolute atomic E-state index is 0.306. The molecule has 6 nitrogen and oxygen atoms in total. The molecule has 0 fully saturated rings. The standard InChI is InChI=1S/C15H18ClF3N4O2/c1-14(2,3)25-13(24)23(9-15(17,18)19)11(12(16)20)8-22-10-5-4-6-21-7-10/h4-8,11,20H,9H2,1-3H3. The van der Waals surface area contributed by atoms with E-state index in [4.69, 9.17) is 21.7 Å². The van der Waals surface area contributed by atoms with Crippen LogP contribution in [-0.2, 0) is 4.74 Å². The smallest absolute Gasteiger partial charge is 0.411 e. The summed E-state index contributed by atoms with van der Waals surface area (Å²) in [7, 11) is 0. The summed E-state index contributed by atoms with van der Waals surface area (Å²) in [6, 6.07) is 1.60. The number of aromatic nitrogens is 1. The molecule has 1 unspecified atom stereocenters. The minimum Gasteiger partial charge on any atom is -0.444 e. The zero-order chi connectivity index (χ0) is 19.3. The predicted octanol–water partition coefficient (Wildman–Crippen LogP) is 4.17. The second kappa shape index (κ2) is 8.28. The number of hydrogen-bond donors (Lipinski definition) is 1. The maximum Gasteiger partial charge on any atom is 0.411 e. The fraction of sp³-hybridized carbons (Fsp3) is 0.467. The second-order valence-corrected chi connectivity index (χ2v) is 6.41. The highest BCUT2D eigenvalue weighted by atomic mass is 35.5. The Morgan fingerprint density at radius 1 is 1.48 bits per heavy atom. The molecule has 0 bridgehead atoms. The number of nitrogens with one attached hydrogen (secondary N) is 1. The molecule has 0 radical (unpaired) electrons. The first-order valence-electron chi connectivity index (χ1n) is 7.13. The van der Waals surface area contributed by atoms with Gasteiger partial charge in [0.15, 0.2) is 0 Å². The number of pyridine rings is 1. The van der Waals surface area contributed by atoms with Crippen molar-refractivity contribution in [3.8, 4) is 0 Å². The van der Waals surface area contributed by atoms with Gasteiger partial charge in [-0.25, -0.2) is 4.79 Å². The van der Waals surface area contributed by atoms with Crippen LogP contribution in [0.5, 0.6) is 0 Å². The lowest BCUT2D eigenvalue weighted by molar-refractivity contribution is -0.144. The van der Waals surface area contributed by atoms with Gasteiger partial charge in [-0.3, -0.25) is 20.3 Å². The lowest BCUT2D eigenvalue weighted by Crippen LogP contribution is -2.50. The van der Waals surface area contributed by atoms with Gasteiger partial charge in [-0.1, -0.05) is 11.6 Å². The molecular formula is C15H18ClF3N4O2. The van der Waals surface area contributed by atoms with Crippen molar-refractivity contribution in [2.24, 2.45) is 4.99 Å². The molecule has 1 heterocycles. The quantitative estimate of drug-likeness (QED) is 0.781. The first-order valence-corrected chi connectivity index (χ1v) is 7.51. The summed E-state index contributed by atoms with van der Waals surface area (Å²) in [5.41, 5.74) is -0.679. The molecule has 0 spiro atoms. The lowest BCUT2D eigenvalue weighted by Gasteiger charge is -2.31. The predicted molar refractivity (Wildman–Crippen MR) is 88.8 cm³/mol. The van der Waals surface area contributed by atoms with Gasteiger partial charge in [0.2, 0.25) is 0 Å². The van der Waals surface area contributed by atoms with Gasteiger partial charge in [-0.15, -0.1) is 0 Å². The van der Waals surface area contributed by atoms with Crippen molar-refractivity contribution in [3.05, 3.63) is 24.5 Å². The second-order valence-electron chi connectivity index (χ2n) is 6.01. The van der Waals surface area contributed by atoms with Crippen molar-refractivity contribution >= 4 is 34.8 Å². The zero-order valence-corrected chi connectivity index (χ0v) is 14.6. The number of halogens is 4. The molecule has 1 aromatic heterocycles. The highest BCUT2D eigenvalue weighted by molar-refractivity contribution is 6.67. The first kappa shape index (κ1) is 20.9. The largest absolute Gasteiger partial charge is 0.444 e. The SMILES string of the molecule is CC(C)(C)OC(=O)N(CC(F)(F)F)C(C=Nc1cccnc1)C(=N)Cl. The maximum atomic E-state index is 12.9. The van der Waals surface area contributed by atoms with Crippen LogP contribution in [0.15, 0.2) is 29.5 Å². The van der Waals surface area contributed by atoms with E-state index in [1.165, 1.54) is 33.2 Å². The molecule has 1 rings (SSSR count). The number of ether oxygens (including phenoxy) is 1. The van der Waals surface area contributed by atoms with Crippen LogP contribution >= 0.6 is 11.6 Å². The van der Waals surface area contributed by atoms with E-state index in [-0.39, 0.29) is 0 Å². The van der Waals surface area contributed by atoms with Crippen molar-refractivity contribution in [1.29, 1.82) is 5.41 Å². The van der Waals surface area contributed by atoms with E-state index in [2.05, 4.69) is 9.98 Å². The number of nitrogens with zero attached hydrogens (tertiary/aromatic N) is 3. The average molecular weight is 379 g/mol. The third kappa shape index (κ3) is 7.97. The van der Waals surface area contributed by atoms with E-state index >= 15 is 0 Å². The van der Waals surface area contributed by atoms with E-state index < -0.39 is 35.6 Å². The van der Waals surface area contributed by atoms with Gasteiger partial charge in [-0.2, -0.15) is 13.2 Å². The summed E-state index contributed by atoms with van der Waals surface area (Å²) in [5, 5.41) is 6.82. The first-order chi connectivity index (χ1) is 11.4. The van der Waals surface area contributed by atoms with Crippen LogP contribution < -0.4 is 0 Å². The van der Waals surface area contributed by atoms with E-state index in [1.807, 2.05) is 0 Å². The topological polar surface area (TPSA) is 78.6 Å². The Kier molecular flexibility index (Phi) is 6.92. The highest BCUT2D eigenvalue weighted by Gasteiger charge is 2.39. The molecule has 1 aromatic rings. The molecule has 0 aliphatic heterocycles. The number of carbonyl (C=O) groups is 1. The van der Waals surface area contributed by atoms with Crippen LogP contribution in [0, 0.1) is 5.41 Å². The zero-order valence-electron chi connectivity index (χ0n) is 13.8. The summed E-state index contributed by atoms with van der Waals surface area (Å²) in [6.07, 6.45) is -2.12. The van der Waals surface area contributed by atoms with Crippen LogP contribution in [0.4, 0.5) is 23.7 Å². The van der Waals surface area contributed by atoms with Crippen LogP contribution in [0.3, 0.4) is 0 Å². The average Bonchev–Trinajstić information content (AvgIpc) is 2.44. The molecule has 0 saturated carbocycles. The Morgan fingerprint density at radius 2 is 2.12 bits per heavy atom. The van der Waals surface area contributed by atoms with Crippen LogP contribution in [0.1, 0.15) is 20.8 Å². The molecule has 1 amide bonds. The van der Waals surface area contributed by atoms with E-state index in [0.29, 0.717) is 10.6 Å². The molecule has 0 aliphatic carbocycles. The van der Waals surface area contributed by atoms with Crippen molar-refractivity contribution in [1.82, 2.24) is 9.88 Å².